The molecule has 5 nitrogen and oxygen atoms in total. The van der Waals surface area contributed by atoms with Crippen LogP contribution in [-0.2, 0) is 20.4 Å². The van der Waals surface area contributed by atoms with Crippen molar-refractivity contribution in [1.29, 1.82) is 0 Å². The summed E-state index contributed by atoms with van der Waals surface area (Å²) in [6.07, 6.45) is 0. The Morgan fingerprint density at radius 2 is 1.28 bits per heavy atom. The molecule has 39 heavy (non-hydrogen) atoms. The summed E-state index contributed by atoms with van der Waals surface area (Å²) in [5.74, 6) is -0.277. The summed E-state index contributed by atoms with van der Waals surface area (Å²) in [6, 6.07) is 21.2. The molecule has 0 aliphatic heterocycles. The van der Waals surface area contributed by atoms with Crippen LogP contribution >= 0.6 is 24.8 Å². The van der Waals surface area contributed by atoms with E-state index in [-0.39, 0.29) is 30.7 Å². The van der Waals surface area contributed by atoms with E-state index in [0.29, 0.717) is 39.1 Å². The maximum absolute atomic E-state index is 12.9. The van der Waals surface area contributed by atoms with E-state index in [4.69, 9.17) is 10.5 Å². The van der Waals surface area contributed by atoms with Crippen molar-refractivity contribution in [1.82, 2.24) is 0 Å². The van der Waals surface area contributed by atoms with E-state index in [0.717, 1.165) is 0 Å². The third-order valence-corrected chi connectivity index (χ3v) is 8.63. The molecule has 0 saturated heterocycles. The number of nitrogens with two attached hydrogens (primary N) is 1. The third-order valence-electron chi connectivity index (χ3n) is 7.07. The quantitative estimate of drug-likeness (QED) is 0.293. The number of amides is 2. The van der Waals surface area contributed by atoms with Crippen molar-refractivity contribution < 1.29 is 34.8 Å². The molecule has 0 saturated carbocycles. The molecule has 0 spiro atoms. The van der Waals surface area contributed by atoms with E-state index >= 15 is 0 Å². The van der Waals surface area contributed by atoms with E-state index < -0.39 is 5.91 Å². The number of carbonyl (C=O) groups is 2. The molecule has 0 unspecified atom stereocenters. The standard InChI is InChI=1S/C21H18N2O3.C10H15.2ClH.Ti/c1-26-19-13-7-6-12-18(19)23-21(25)17-11-5-3-9-15(17)14-8-2-4-10-16(14)20(22)24;1-7-6-10(4,5)9(3)8(7)2;;;/h2-13H,1H3,(H2,22,24)(H,23,25);1-5H3;2*1H;. The van der Waals surface area contributed by atoms with E-state index in [1.165, 1.54) is 20.6 Å². The zero-order chi connectivity index (χ0) is 27.3. The number of nitrogens with one attached hydrogen (secondary N) is 1. The molecular weight excluding hydrogens is 567 g/mol. The molecule has 4 rings (SSSR count). The minimum atomic E-state index is -0.541. The van der Waals surface area contributed by atoms with Crippen LogP contribution in [0.4, 0.5) is 5.69 Å². The van der Waals surface area contributed by atoms with Gasteiger partial charge in [-0.3, -0.25) is 9.59 Å². The van der Waals surface area contributed by atoms with Gasteiger partial charge in [0.05, 0.1) is 12.8 Å². The normalized spacial score (nSPS) is 13.4. The predicted octanol–water partition coefficient (Wildman–Crippen LogP) is 7.74. The number of anilines is 1. The van der Waals surface area contributed by atoms with Crippen LogP contribution in [-0.4, -0.2) is 18.9 Å². The first-order valence-corrected chi connectivity index (χ1v) is 12.8. The van der Waals surface area contributed by atoms with Gasteiger partial charge in [-0.15, -0.1) is 24.8 Å². The maximum atomic E-state index is 12.9. The number of carbonyl (C=O) groups excluding carboxylic acids is 2. The van der Waals surface area contributed by atoms with E-state index in [9.17, 15) is 9.59 Å². The van der Waals surface area contributed by atoms with Crippen LogP contribution in [0.1, 0.15) is 55.3 Å². The molecule has 8 heteroatoms. The SMILES string of the molecule is CC1=C(C)C(C)(C)[C]([Ti])=C1C.COc1ccccc1NC(=O)c1ccccc1-c1ccccc1C(N)=O.Cl.Cl. The molecule has 3 aromatic rings. The first-order valence-electron chi connectivity index (χ1n) is 12.0. The molecule has 0 radical (unpaired) electrons. The molecule has 3 N–H and O–H groups in total. The Balaban J connectivity index is 0.000000497. The number of methoxy groups -OCH3 is 1. The van der Waals surface area contributed by atoms with Crippen LogP contribution in [0.15, 0.2) is 93.4 Å². The van der Waals surface area contributed by atoms with Crippen LogP contribution in [0.5, 0.6) is 5.75 Å². The first kappa shape index (κ1) is 34.2. The van der Waals surface area contributed by atoms with Crippen molar-refractivity contribution in [3.05, 3.63) is 105 Å². The number of hydrogen-bond donors (Lipinski definition) is 2. The smallest absolute Gasteiger partial charge is 0.256 e. The Hall–Kier alpha value is -2.83. The molecule has 2 amide bonds. The van der Waals surface area contributed by atoms with Gasteiger partial charge in [0.15, 0.2) is 0 Å². The van der Waals surface area contributed by atoms with Gasteiger partial charge in [0.2, 0.25) is 5.91 Å². The average molecular weight is 602 g/mol. The fraction of sp³-hybridized carbons (Fsp3) is 0.226. The second-order valence-electron chi connectivity index (χ2n) is 9.48. The first-order chi connectivity index (χ1) is 17.5. The molecule has 205 valence electrons. The minimum Gasteiger partial charge on any atom is -0.495 e. The number of benzene rings is 3. The summed E-state index contributed by atoms with van der Waals surface area (Å²) < 4.78 is 6.81. The number of rotatable bonds is 5. The van der Waals surface area contributed by atoms with Crippen LogP contribution in [0.3, 0.4) is 0 Å². The van der Waals surface area contributed by atoms with E-state index in [2.05, 4.69) is 60.4 Å². The second kappa shape index (κ2) is 14.5. The molecule has 0 bridgehead atoms. The number of para-hydroxylation sites is 2. The van der Waals surface area contributed by atoms with Gasteiger partial charge in [-0.25, -0.2) is 0 Å². The van der Waals surface area contributed by atoms with Crippen molar-refractivity contribution >= 4 is 42.3 Å². The average Bonchev–Trinajstić information content (AvgIpc) is 3.03. The number of ether oxygens (including phenoxy) is 1. The fourth-order valence-electron chi connectivity index (χ4n) is 4.38. The molecule has 1 aliphatic carbocycles. The number of allylic oxidation sites excluding steroid dienone is 4. The zero-order valence-corrected chi connectivity index (χ0v) is 26.2. The third kappa shape index (κ3) is 7.43. The Labute approximate surface area is 255 Å². The van der Waals surface area contributed by atoms with Crippen LogP contribution < -0.4 is 15.8 Å². The van der Waals surface area contributed by atoms with Crippen LogP contribution in [0.25, 0.3) is 11.1 Å². The summed E-state index contributed by atoms with van der Waals surface area (Å²) in [5.41, 5.74) is 12.9. The van der Waals surface area contributed by atoms with Gasteiger partial charge in [-0.1, -0.05) is 48.5 Å². The Morgan fingerprint density at radius 1 is 0.795 bits per heavy atom. The topological polar surface area (TPSA) is 81.4 Å². The van der Waals surface area contributed by atoms with E-state index in [1.54, 1.807) is 61.7 Å². The molecule has 0 aromatic heterocycles. The maximum Gasteiger partial charge on any atom is 0.256 e. The molecule has 3 aromatic carbocycles. The minimum absolute atomic E-state index is 0. The number of primary amides is 1. The van der Waals surface area contributed by atoms with Crippen molar-refractivity contribution in [2.24, 2.45) is 11.1 Å². The summed E-state index contributed by atoms with van der Waals surface area (Å²) in [6.45, 7) is 11.3. The number of halogens is 2. The summed E-state index contributed by atoms with van der Waals surface area (Å²) in [4.78, 5) is 24.6. The van der Waals surface area contributed by atoms with Gasteiger partial charge in [-0.05, 0) is 35.4 Å². The monoisotopic (exact) mass is 601 g/mol. The predicted molar refractivity (Wildman–Crippen MR) is 161 cm³/mol. The Morgan fingerprint density at radius 3 is 1.74 bits per heavy atom. The van der Waals surface area contributed by atoms with Gasteiger partial charge in [-0.2, -0.15) is 0 Å². The molecule has 0 heterocycles. The molecule has 0 fully saturated rings. The van der Waals surface area contributed by atoms with Gasteiger partial charge in [0, 0.05) is 11.1 Å². The van der Waals surface area contributed by atoms with Gasteiger partial charge in [0.1, 0.15) is 5.75 Å². The molecule has 0 atom stereocenters. The fourth-order valence-corrected chi connectivity index (χ4v) is 4.97. The Kier molecular flexibility index (Phi) is 12.7. The summed E-state index contributed by atoms with van der Waals surface area (Å²) >= 11 is 2.25. The zero-order valence-electron chi connectivity index (χ0n) is 23.0. The van der Waals surface area contributed by atoms with Crippen molar-refractivity contribution in [2.75, 3.05) is 12.4 Å². The van der Waals surface area contributed by atoms with Gasteiger partial charge in [0.25, 0.3) is 5.91 Å². The summed E-state index contributed by atoms with van der Waals surface area (Å²) in [5, 5.41) is 2.86. The summed E-state index contributed by atoms with van der Waals surface area (Å²) in [7, 11) is 1.54. The van der Waals surface area contributed by atoms with Crippen LogP contribution in [0.2, 0.25) is 0 Å². The largest absolute Gasteiger partial charge is 0.495 e. The van der Waals surface area contributed by atoms with Gasteiger partial charge >= 0.3 is 81.1 Å². The number of hydrogen-bond acceptors (Lipinski definition) is 3. The van der Waals surface area contributed by atoms with Crippen molar-refractivity contribution in [2.45, 2.75) is 34.6 Å². The van der Waals surface area contributed by atoms with E-state index in [1.807, 2.05) is 18.2 Å². The molecular formula is C31H35Cl2N2O3Ti. The second-order valence-corrected chi connectivity index (χ2v) is 10.3. The molecule has 1 aliphatic rings. The van der Waals surface area contributed by atoms with Gasteiger partial charge < -0.3 is 15.8 Å². The van der Waals surface area contributed by atoms with Crippen molar-refractivity contribution in [3.63, 3.8) is 0 Å². The van der Waals surface area contributed by atoms with Crippen LogP contribution in [0, 0.1) is 5.41 Å². The van der Waals surface area contributed by atoms with Crippen molar-refractivity contribution in [3.8, 4) is 16.9 Å². The Bertz CT molecular complexity index is 1390.